The van der Waals surface area contributed by atoms with E-state index in [9.17, 15) is 0 Å². The molecule has 1 aromatic carbocycles. The zero-order chi connectivity index (χ0) is 8.65. The van der Waals surface area contributed by atoms with Crippen LogP contribution in [0.1, 0.15) is 0 Å². The van der Waals surface area contributed by atoms with Crippen molar-refractivity contribution in [2.45, 2.75) is 0 Å². The van der Waals surface area contributed by atoms with Crippen molar-refractivity contribution >= 4 is 26.9 Å². The lowest BCUT2D eigenvalue weighted by atomic mass is 10.3. The van der Waals surface area contributed by atoms with Gasteiger partial charge in [0.1, 0.15) is 14.3 Å². The molecule has 0 amide bonds. The van der Waals surface area contributed by atoms with Gasteiger partial charge >= 0.3 is 0 Å². The number of nitrogens with one attached hydrogen (secondary N) is 1. The van der Waals surface area contributed by atoms with Gasteiger partial charge in [0, 0.05) is 0 Å². The Balaban J connectivity index is 2.24. The average molecular weight is 218 g/mol. The molecular weight excluding hydrogens is 209 g/mol. The van der Waals surface area contributed by atoms with Crippen molar-refractivity contribution in [3.05, 3.63) is 30.3 Å². The second-order valence-corrected chi connectivity index (χ2v) is 4.27. The molecule has 2 atom stereocenters. The maximum Gasteiger partial charge on any atom is 0.155 e. The van der Waals surface area contributed by atoms with E-state index in [1.165, 1.54) is 0 Å². The molecule has 0 aliphatic carbocycles. The lowest BCUT2D eigenvalue weighted by Gasteiger charge is -2.01. The van der Waals surface area contributed by atoms with Crippen LogP contribution in [0.4, 0.5) is 0 Å². The van der Waals surface area contributed by atoms with Crippen LogP contribution in [0.5, 0.6) is 5.75 Å². The van der Waals surface area contributed by atoms with Crippen molar-refractivity contribution in [2.24, 2.45) is 4.52 Å². The molecule has 0 aliphatic rings. The van der Waals surface area contributed by atoms with Gasteiger partial charge in [-0.2, -0.15) is 0 Å². The summed E-state index contributed by atoms with van der Waals surface area (Å²) in [7, 11) is 3.35. The molecular formula is C6H9N2OP3. The van der Waals surface area contributed by atoms with E-state index >= 15 is 0 Å². The van der Waals surface area contributed by atoms with Crippen molar-refractivity contribution in [2.75, 3.05) is 0 Å². The van der Waals surface area contributed by atoms with Gasteiger partial charge < -0.3 is 4.52 Å². The first-order chi connectivity index (χ1) is 5.93. The Morgan fingerprint density at radius 1 is 1.42 bits per heavy atom. The third kappa shape index (κ3) is 4.09. The zero-order valence-electron chi connectivity index (χ0n) is 6.27. The summed E-state index contributed by atoms with van der Waals surface area (Å²) in [6.45, 7) is 0. The van der Waals surface area contributed by atoms with E-state index < -0.39 is 0 Å². The van der Waals surface area contributed by atoms with Crippen molar-refractivity contribution in [3.8, 4) is 5.75 Å². The minimum absolute atomic E-state index is 0.247. The Labute approximate surface area is 77.4 Å². The van der Waals surface area contributed by atoms with Crippen molar-refractivity contribution < 1.29 is 4.52 Å². The normalized spacial score (nSPS) is 11.4. The van der Waals surface area contributed by atoms with Crippen LogP contribution in [0.15, 0.2) is 34.8 Å². The molecule has 0 spiro atoms. The first-order valence-corrected chi connectivity index (χ1v) is 5.52. The van der Waals surface area contributed by atoms with Gasteiger partial charge in [-0.3, -0.25) is 0 Å². The van der Waals surface area contributed by atoms with Crippen molar-refractivity contribution in [1.29, 1.82) is 0 Å². The topological polar surface area (TPSA) is 33.6 Å². The molecule has 0 saturated carbocycles. The summed E-state index contributed by atoms with van der Waals surface area (Å²) in [5.74, 6) is 0.877. The van der Waals surface area contributed by atoms with Gasteiger partial charge in [-0.1, -0.05) is 18.2 Å². The number of benzene rings is 1. The van der Waals surface area contributed by atoms with Crippen LogP contribution in [-0.2, 0) is 0 Å². The van der Waals surface area contributed by atoms with Gasteiger partial charge in [0.05, 0.1) is 0 Å². The Kier molecular flexibility index (Phi) is 5.39. The highest BCUT2D eigenvalue weighted by Crippen LogP contribution is 2.19. The summed E-state index contributed by atoms with van der Waals surface area (Å²) in [6, 6.07) is 9.68. The second-order valence-electron chi connectivity index (χ2n) is 1.84. The Bertz CT molecular complexity index is 242. The third-order valence-electron chi connectivity index (χ3n) is 1.07. The maximum atomic E-state index is 5.35. The predicted octanol–water partition coefficient (Wildman–Crippen LogP) is 3.00. The van der Waals surface area contributed by atoms with E-state index in [4.69, 9.17) is 4.52 Å². The molecule has 64 valence electrons. The minimum Gasteiger partial charge on any atom is -0.460 e. The van der Waals surface area contributed by atoms with Crippen LogP contribution in [0.3, 0.4) is 0 Å². The van der Waals surface area contributed by atoms with Gasteiger partial charge in [-0.15, -0.1) is 0 Å². The fourth-order valence-electron chi connectivity index (χ4n) is 0.620. The monoisotopic (exact) mass is 218 g/mol. The maximum absolute atomic E-state index is 5.35. The molecule has 0 aliphatic heterocycles. The van der Waals surface area contributed by atoms with E-state index in [1.54, 1.807) is 0 Å². The molecule has 12 heavy (non-hydrogen) atoms. The van der Waals surface area contributed by atoms with Gasteiger partial charge in [0.25, 0.3) is 0 Å². The molecule has 2 unspecified atom stereocenters. The van der Waals surface area contributed by atoms with E-state index in [0.717, 1.165) is 14.3 Å². The Morgan fingerprint density at radius 2 is 2.17 bits per heavy atom. The molecule has 0 radical (unpaired) electrons. The summed E-state index contributed by atoms with van der Waals surface area (Å²) >= 11 is 0. The fraction of sp³-hybridized carbons (Fsp3) is 0. The predicted molar refractivity (Wildman–Crippen MR) is 57.6 cm³/mol. The lowest BCUT2D eigenvalue weighted by Crippen LogP contribution is -1.84. The van der Waals surface area contributed by atoms with Gasteiger partial charge in [-0.05, 0) is 21.5 Å². The van der Waals surface area contributed by atoms with Crippen LogP contribution in [0, 0.1) is 0 Å². The highest BCUT2D eigenvalue weighted by molar-refractivity contribution is 7.46. The number of hydrogen-bond acceptors (Lipinski definition) is 2. The smallest absolute Gasteiger partial charge is 0.155 e. The van der Waals surface area contributed by atoms with Crippen LogP contribution in [0.2, 0.25) is 0 Å². The summed E-state index contributed by atoms with van der Waals surface area (Å²) in [4.78, 5) is 2.97. The highest BCUT2D eigenvalue weighted by Gasteiger charge is 1.88. The molecule has 1 N–H and O–H groups in total. The van der Waals surface area contributed by atoms with Gasteiger partial charge in [0.2, 0.25) is 0 Å². The average Bonchev–Trinajstić information content (AvgIpc) is 2.14. The summed E-state index contributed by atoms with van der Waals surface area (Å²) in [5.41, 5.74) is 0. The zero-order valence-corrected chi connectivity index (χ0v) is 9.32. The summed E-state index contributed by atoms with van der Waals surface area (Å²) in [6.07, 6.45) is 0. The Morgan fingerprint density at radius 3 is 2.83 bits per heavy atom. The Hall–Kier alpha value is -0.0600. The highest BCUT2D eigenvalue weighted by atomic mass is 31.1. The number of nitrogens with zero attached hydrogens (tertiary/aromatic N) is 1. The van der Waals surface area contributed by atoms with Crippen molar-refractivity contribution in [3.63, 3.8) is 0 Å². The standard InChI is InChI=1S/C6H9N2OP3/c10-7-11-8-12-9-6-4-2-1-3-5-6/h1-5,12H,10H2,(H,7,8). The van der Waals surface area contributed by atoms with Crippen LogP contribution >= 0.6 is 26.9 Å². The molecule has 0 bridgehead atoms. The SMILES string of the molecule is PN=PNPOc1ccccc1. The molecule has 6 heteroatoms. The number of hydrogen-bond donors (Lipinski definition) is 1. The number of para-hydroxylation sites is 1. The molecule has 0 saturated heterocycles. The third-order valence-corrected chi connectivity index (χ3v) is 2.63. The van der Waals surface area contributed by atoms with E-state index in [0.29, 0.717) is 0 Å². The minimum atomic E-state index is 0.247. The quantitative estimate of drug-likeness (QED) is 0.622. The molecule has 0 aromatic heterocycles. The molecule has 0 heterocycles. The molecule has 1 rings (SSSR count). The largest absolute Gasteiger partial charge is 0.460 e. The first kappa shape index (κ1) is 10.0. The molecule has 0 fully saturated rings. The van der Waals surface area contributed by atoms with Gasteiger partial charge in [-0.25, -0.2) is 9.37 Å². The van der Waals surface area contributed by atoms with E-state index in [-0.39, 0.29) is 8.96 Å². The van der Waals surface area contributed by atoms with Crippen molar-refractivity contribution in [1.82, 2.24) is 4.86 Å². The first-order valence-electron chi connectivity index (χ1n) is 3.25. The van der Waals surface area contributed by atoms with Crippen LogP contribution < -0.4 is 9.38 Å². The fourth-order valence-corrected chi connectivity index (χ4v) is 1.97. The summed E-state index contributed by atoms with van der Waals surface area (Å²) in [5, 5.41) is 0. The number of rotatable bonds is 4. The van der Waals surface area contributed by atoms with E-state index in [1.807, 2.05) is 30.3 Å². The molecule has 1 aromatic rings. The van der Waals surface area contributed by atoms with Crippen LogP contribution in [0.25, 0.3) is 0 Å². The van der Waals surface area contributed by atoms with E-state index in [2.05, 4.69) is 18.8 Å². The second kappa shape index (κ2) is 6.46. The summed E-state index contributed by atoms with van der Waals surface area (Å²) < 4.78 is 9.12. The van der Waals surface area contributed by atoms with Crippen LogP contribution in [-0.4, -0.2) is 0 Å². The lowest BCUT2D eigenvalue weighted by molar-refractivity contribution is 0.629. The molecule has 3 nitrogen and oxygen atoms in total. The van der Waals surface area contributed by atoms with Gasteiger partial charge in [0.15, 0.2) is 8.96 Å².